The third-order valence-corrected chi connectivity index (χ3v) is 5.47. The van der Waals surface area contributed by atoms with Gasteiger partial charge in [0.1, 0.15) is 11.6 Å². The van der Waals surface area contributed by atoms with Crippen molar-refractivity contribution in [2.75, 3.05) is 23.7 Å². The predicted molar refractivity (Wildman–Crippen MR) is 111 cm³/mol. The minimum Gasteiger partial charge on any atom is -0.506 e. The molecule has 0 radical (unpaired) electrons. The summed E-state index contributed by atoms with van der Waals surface area (Å²) < 4.78 is 13.2. The Kier molecular flexibility index (Phi) is 6.71. The van der Waals surface area contributed by atoms with E-state index in [0.29, 0.717) is 37.3 Å². The van der Waals surface area contributed by atoms with Crippen molar-refractivity contribution in [2.45, 2.75) is 25.8 Å². The maximum Gasteiger partial charge on any atom is 0.241 e. The molecule has 1 heterocycles. The Labute approximate surface area is 173 Å². The number of para-hydroxylation sites is 2. The van der Waals surface area contributed by atoms with Gasteiger partial charge in [0.25, 0.3) is 0 Å². The molecule has 0 aromatic heterocycles. The number of hydrogen-bond acceptors (Lipinski definition) is 4. The van der Waals surface area contributed by atoms with Crippen molar-refractivity contribution in [3.05, 3.63) is 53.3 Å². The van der Waals surface area contributed by atoms with E-state index in [1.54, 1.807) is 25.1 Å². The van der Waals surface area contributed by atoms with E-state index in [0.717, 1.165) is 0 Å². The van der Waals surface area contributed by atoms with E-state index < -0.39 is 11.9 Å². The lowest BCUT2D eigenvalue weighted by Crippen LogP contribution is -2.47. The molecule has 0 unspecified atom stereocenters. The summed E-state index contributed by atoms with van der Waals surface area (Å²) in [5.41, 5.74) is 0.829. The molecule has 1 aliphatic rings. The van der Waals surface area contributed by atoms with Crippen LogP contribution in [0.25, 0.3) is 0 Å². The van der Waals surface area contributed by atoms with Crippen molar-refractivity contribution < 1.29 is 19.1 Å². The van der Waals surface area contributed by atoms with Gasteiger partial charge in [-0.1, -0.05) is 23.7 Å². The number of hydrogen-bond donors (Lipinski definition) is 3. The van der Waals surface area contributed by atoms with Crippen LogP contribution in [0.2, 0.25) is 5.02 Å². The van der Waals surface area contributed by atoms with Gasteiger partial charge in [0.2, 0.25) is 11.8 Å². The van der Waals surface area contributed by atoms with Crippen molar-refractivity contribution in [1.29, 1.82) is 0 Å². The molecular formula is C21H23ClFN3O3. The fourth-order valence-electron chi connectivity index (χ4n) is 3.35. The number of phenolic OH excluding ortho intramolecular Hbond substituents is 1. The van der Waals surface area contributed by atoms with Crippen LogP contribution in [0.15, 0.2) is 42.5 Å². The number of anilines is 2. The highest BCUT2D eigenvalue weighted by molar-refractivity contribution is 6.31. The second-order valence-electron chi connectivity index (χ2n) is 7.11. The molecule has 6 nitrogen and oxygen atoms in total. The van der Waals surface area contributed by atoms with Crippen molar-refractivity contribution >= 4 is 34.8 Å². The summed E-state index contributed by atoms with van der Waals surface area (Å²) >= 11 is 5.75. The first-order chi connectivity index (χ1) is 13.8. The van der Waals surface area contributed by atoms with Gasteiger partial charge in [-0.2, -0.15) is 0 Å². The monoisotopic (exact) mass is 419 g/mol. The van der Waals surface area contributed by atoms with Gasteiger partial charge in [-0.25, -0.2) is 4.39 Å². The maximum atomic E-state index is 13.2. The Morgan fingerprint density at radius 2 is 1.86 bits per heavy atom. The minimum absolute atomic E-state index is 0.0319. The minimum atomic E-state index is -0.540. The molecule has 29 heavy (non-hydrogen) atoms. The molecule has 154 valence electrons. The van der Waals surface area contributed by atoms with Gasteiger partial charge in [0, 0.05) is 11.6 Å². The van der Waals surface area contributed by atoms with Crippen molar-refractivity contribution in [3.8, 4) is 5.75 Å². The van der Waals surface area contributed by atoms with Gasteiger partial charge >= 0.3 is 0 Å². The van der Waals surface area contributed by atoms with Gasteiger partial charge in [0.15, 0.2) is 0 Å². The maximum absolute atomic E-state index is 13.2. The number of aromatic hydroxyl groups is 1. The molecule has 1 fully saturated rings. The summed E-state index contributed by atoms with van der Waals surface area (Å²) in [6.45, 7) is 2.98. The van der Waals surface area contributed by atoms with Crippen molar-refractivity contribution in [2.24, 2.45) is 5.92 Å². The van der Waals surface area contributed by atoms with Crippen molar-refractivity contribution in [3.63, 3.8) is 0 Å². The summed E-state index contributed by atoms with van der Waals surface area (Å²) in [5.74, 6) is -1.04. The first-order valence-electron chi connectivity index (χ1n) is 9.44. The van der Waals surface area contributed by atoms with E-state index in [4.69, 9.17) is 11.6 Å². The van der Waals surface area contributed by atoms with Gasteiger partial charge in [-0.05, 0) is 63.2 Å². The fraction of sp³-hybridized carbons (Fsp3) is 0.333. The number of benzene rings is 2. The quantitative estimate of drug-likeness (QED) is 0.643. The van der Waals surface area contributed by atoms with Gasteiger partial charge in [0.05, 0.1) is 16.8 Å². The second-order valence-corrected chi connectivity index (χ2v) is 7.52. The molecule has 1 saturated heterocycles. The number of amides is 2. The number of carbonyl (C=O) groups excluding carboxylic acids is 2. The normalized spacial score (nSPS) is 16.2. The zero-order valence-electron chi connectivity index (χ0n) is 16.0. The third-order valence-electron chi connectivity index (χ3n) is 5.18. The van der Waals surface area contributed by atoms with Crippen LogP contribution in [0.4, 0.5) is 15.8 Å². The van der Waals surface area contributed by atoms with E-state index in [-0.39, 0.29) is 28.5 Å². The number of piperidine rings is 1. The molecule has 2 amide bonds. The average molecular weight is 420 g/mol. The number of rotatable bonds is 5. The average Bonchev–Trinajstić information content (AvgIpc) is 2.72. The topological polar surface area (TPSA) is 81.7 Å². The Bertz CT molecular complexity index is 900. The highest BCUT2D eigenvalue weighted by Crippen LogP contribution is 2.26. The molecule has 1 aliphatic heterocycles. The summed E-state index contributed by atoms with van der Waals surface area (Å²) in [7, 11) is 0. The fourth-order valence-corrected chi connectivity index (χ4v) is 3.53. The van der Waals surface area contributed by atoms with Gasteiger partial charge in [-0.15, -0.1) is 0 Å². The molecule has 2 aromatic rings. The summed E-state index contributed by atoms with van der Waals surface area (Å²) in [5, 5.41) is 15.2. The lowest BCUT2D eigenvalue weighted by Gasteiger charge is -2.34. The molecule has 0 aliphatic carbocycles. The molecule has 3 rings (SSSR count). The Balaban J connectivity index is 1.51. The van der Waals surface area contributed by atoms with E-state index in [9.17, 15) is 19.1 Å². The molecule has 8 heteroatoms. The summed E-state index contributed by atoms with van der Waals surface area (Å²) in [6.07, 6.45) is 1.22. The Morgan fingerprint density at radius 3 is 2.52 bits per heavy atom. The molecule has 0 spiro atoms. The van der Waals surface area contributed by atoms with Crippen LogP contribution in [-0.2, 0) is 9.59 Å². The van der Waals surface area contributed by atoms with Crippen LogP contribution in [0.5, 0.6) is 5.75 Å². The molecule has 0 saturated carbocycles. The number of phenols is 1. The highest BCUT2D eigenvalue weighted by atomic mass is 35.5. The zero-order valence-corrected chi connectivity index (χ0v) is 16.7. The number of carbonyl (C=O) groups is 2. The predicted octanol–water partition coefficient (Wildman–Crippen LogP) is 3.86. The van der Waals surface area contributed by atoms with Crippen LogP contribution in [0.1, 0.15) is 19.8 Å². The van der Waals surface area contributed by atoms with Crippen molar-refractivity contribution in [1.82, 2.24) is 4.90 Å². The first kappa shape index (κ1) is 21.1. The van der Waals surface area contributed by atoms with E-state index >= 15 is 0 Å². The first-order valence-corrected chi connectivity index (χ1v) is 9.82. The van der Waals surface area contributed by atoms with Crippen LogP contribution in [0, 0.1) is 11.7 Å². The molecule has 3 N–H and O–H groups in total. The zero-order chi connectivity index (χ0) is 21.0. The standard InChI is InChI=1S/C21H23ClFN3O3/c1-13(20(28)24-15-6-7-17(23)16(22)12-15)26-10-8-14(9-11-26)21(29)25-18-4-2-3-5-19(18)27/h2-7,12-14,27H,8-11H2,1H3,(H,24,28)(H,25,29)/t13-/m0/s1. The number of nitrogens with zero attached hydrogens (tertiary/aromatic N) is 1. The molecule has 2 aromatic carbocycles. The second kappa shape index (κ2) is 9.24. The van der Waals surface area contributed by atoms with Gasteiger partial charge < -0.3 is 15.7 Å². The van der Waals surface area contributed by atoms with E-state index in [2.05, 4.69) is 10.6 Å². The number of halogens is 2. The smallest absolute Gasteiger partial charge is 0.241 e. The van der Waals surface area contributed by atoms with Crippen LogP contribution >= 0.6 is 11.6 Å². The Hall–Kier alpha value is -2.64. The molecule has 0 bridgehead atoms. The SMILES string of the molecule is C[C@@H](C(=O)Nc1ccc(F)c(Cl)c1)N1CCC(C(=O)Nc2ccccc2O)CC1. The lowest BCUT2D eigenvalue weighted by atomic mass is 9.94. The summed E-state index contributed by atoms with van der Waals surface area (Å²) in [6, 6.07) is 10.2. The number of likely N-dealkylation sites (tertiary alicyclic amines) is 1. The Morgan fingerprint density at radius 1 is 1.17 bits per heavy atom. The largest absolute Gasteiger partial charge is 0.506 e. The van der Waals surface area contributed by atoms with E-state index in [1.165, 1.54) is 24.3 Å². The van der Waals surface area contributed by atoms with Crippen LogP contribution < -0.4 is 10.6 Å². The van der Waals surface area contributed by atoms with Crippen LogP contribution in [-0.4, -0.2) is 41.0 Å². The summed E-state index contributed by atoms with van der Waals surface area (Å²) in [4.78, 5) is 27.0. The van der Waals surface area contributed by atoms with Crippen LogP contribution in [0.3, 0.4) is 0 Å². The lowest BCUT2D eigenvalue weighted by molar-refractivity contribution is -0.123. The molecule has 1 atom stereocenters. The molecular weight excluding hydrogens is 397 g/mol. The number of nitrogens with one attached hydrogen (secondary N) is 2. The highest BCUT2D eigenvalue weighted by Gasteiger charge is 2.30. The van der Waals surface area contributed by atoms with Gasteiger partial charge in [-0.3, -0.25) is 14.5 Å². The third kappa shape index (κ3) is 5.25. The van der Waals surface area contributed by atoms with E-state index in [1.807, 2.05) is 4.90 Å².